The standard InChI is InChI=1S/C14H28N2O/c1-17-12-9-15-8-4-10-16-11-7-13-5-2-3-6-14(13)16/h13-15H,2-12H2,1H3. The van der Waals surface area contributed by atoms with Crippen molar-refractivity contribution in [2.24, 2.45) is 5.92 Å². The summed E-state index contributed by atoms with van der Waals surface area (Å²) in [6.07, 6.45) is 8.64. The maximum atomic E-state index is 5.02. The molecule has 0 spiro atoms. The minimum atomic E-state index is 0.828. The van der Waals surface area contributed by atoms with Gasteiger partial charge in [0, 0.05) is 19.7 Å². The first-order valence-corrected chi connectivity index (χ1v) is 7.35. The van der Waals surface area contributed by atoms with E-state index in [0.29, 0.717) is 0 Å². The number of hydrogen-bond acceptors (Lipinski definition) is 3. The molecule has 1 saturated heterocycles. The molecule has 0 radical (unpaired) electrons. The largest absolute Gasteiger partial charge is 0.383 e. The maximum absolute atomic E-state index is 5.02. The van der Waals surface area contributed by atoms with Gasteiger partial charge in [0.05, 0.1) is 6.61 Å². The normalized spacial score (nSPS) is 29.5. The number of ether oxygens (including phenoxy) is 1. The molecule has 17 heavy (non-hydrogen) atoms. The van der Waals surface area contributed by atoms with Crippen molar-refractivity contribution >= 4 is 0 Å². The summed E-state index contributed by atoms with van der Waals surface area (Å²) >= 11 is 0. The molecule has 2 unspecified atom stereocenters. The van der Waals surface area contributed by atoms with Crippen molar-refractivity contribution in [2.45, 2.75) is 44.6 Å². The van der Waals surface area contributed by atoms with Gasteiger partial charge in [-0.3, -0.25) is 0 Å². The highest BCUT2D eigenvalue weighted by Crippen LogP contribution is 2.35. The molecule has 3 heteroatoms. The van der Waals surface area contributed by atoms with Crippen LogP contribution in [-0.2, 0) is 4.74 Å². The van der Waals surface area contributed by atoms with E-state index in [1.54, 1.807) is 7.11 Å². The van der Waals surface area contributed by atoms with E-state index in [0.717, 1.165) is 31.7 Å². The summed E-state index contributed by atoms with van der Waals surface area (Å²) in [6.45, 7) is 5.60. The first-order valence-electron chi connectivity index (χ1n) is 7.35. The maximum Gasteiger partial charge on any atom is 0.0587 e. The Morgan fingerprint density at radius 1 is 1.18 bits per heavy atom. The first kappa shape index (κ1) is 13.3. The summed E-state index contributed by atoms with van der Waals surface area (Å²) in [5.74, 6) is 1.03. The van der Waals surface area contributed by atoms with Crippen LogP contribution in [0.15, 0.2) is 0 Å². The second-order valence-electron chi connectivity index (χ2n) is 5.53. The Morgan fingerprint density at radius 2 is 2.06 bits per heavy atom. The van der Waals surface area contributed by atoms with Crippen LogP contribution in [0.4, 0.5) is 0 Å². The Bertz CT molecular complexity index is 210. The number of hydrogen-bond donors (Lipinski definition) is 1. The highest BCUT2D eigenvalue weighted by atomic mass is 16.5. The average molecular weight is 240 g/mol. The van der Waals surface area contributed by atoms with Gasteiger partial charge in [0.15, 0.2) is 0 Å². The molecule has 2 atom stereocenters. The summed E-state index contributed by atoms with van der Waals surface area (Å²) in [4.78, 5) is 2.75. The molecule has 1 N–H and O–H groups in total. The predicted molar refractivity (Wildman–Crippen MR) is 71.3 cm³/mol. The lowest BCUT2D eigenvalue weighted by Gasteiger charge is -2.31. The minimum absolute atomic E-state index is 0.828. The topological polar surface area (TPSA) is 24.5 Å². The van der Waals surface area contributed by atoms with Gasteiger partial charge in [-0.15, -0.1) is 0 Å². The summed E-state index contributed by atoms with van der Waals surface area (Å²) in [5.41, 5.74) is 0. The molecule has 1 heterocycles. The molecule has 0 aromatic heterocycles. The van der Waals surface area contributed by atoms with Crippen molar-refractivity contribution in [1.82, 2.24) is 10.2 Å². The van der Waals surface area contributed by atoms with Crippen LogP contribution in [-0.4, -0.2) is 50.8 Å². The molecule has 1 saturated carbocycles. The van der Waals surface area contributed by atoms with Crippen LogP contribution >= 0.6 is 0 Å². The summed E-state index contributed by atoms with van der Waals surface area (Å²) in [6, 6.07) is 0.933. The van der Waals surface area contributed by atoms with Crippen molar-refractivity contribution in [2.75, 3.05) is 39.9 Å². The van der Waals surface area contributed by atoms with Gasteiger partial charge in [-0.05, 0) is 51.2 Å². The predicted octanol–water partition coefficient (Wildman–Crippen LogP) is 1.88. The lowest BCUT2D eigenvalue weighted by Crippen LogP contribution is -2.36. The molecule has 0 bridgehead atoms. The highest BCUT2D eigenvalue weighted by molar-refractivity contribution is 4.89. The Morgan fingerprint density at radius 3 is 2.94 bits per heavy atom. The van der Waals surface area contributed by atoms with Crippen LogP contribution in [0, 0.1) is 5.92 Å². The van der Waals surface area contributed by atoms with Crippen molar-refractivity contribution < 1.29 is 4.74 Å². The van der Waals surface area contributed by atoms with E-state index in [1.165, 1.54) is 51.6 Å². The van der Waals surface area contributed by atoms with Gasteiger partial charge in [0.25, 0.3) is 0 Å². The Hall–Kier alpha value is -0.120. The Kier molecular flexibility index (Phi) is 5.75. The molecule has 0 aromatic carbocycles. The number of likely N-dealkylation sites (tertiary alicyclic amines) is 1. The summed E-state index contributed by atoms with van der Waals surface area (Å²) in [7, 11) is 1.76. The van der Waals surface area contributed by atoms with E-state index in [-0.39, 0.29) is 0 Å². The van der Waals surface area contributed by atoms with E-state index < -0.39 is 0 Å². The second kappa shape index (κ2) is 7.34. The quantitative estimate of drug-likeness (QED) is 0.688. The monoisotopic (exact) mass is 240 g/mol. The van der Waals surface area contributed by atoms with Crippen LogP contribution in [0.1, 0.15) is 38.5 Å². The lowest BCUT2D eigenvalue weighted by molar-refractivity contribution is 0.178. The van der Waals surface area contributed by atoms with Gasteiger partial charge in [0.1, 0.15) is 0 Å². The molecule has 2 rings (SSSR count). The molecule has 1 aliphatic carbocycles. The summed E-state index contributed by atoms with van der Waals surface area (Å²) in [5, 5.41) is 3.43. The van der Waals surface area contributed by atoms with Crippen LogP contribution in [0.3, 0.4) is 0 Å². The van der Waals surface area contributed by atoms with Gasteiger partial charge >= 0.3 is 0 Å². The third kappa shape index (κ3) is 3.94. The number of rotatable bonds is 7. The van der Waals surface area contributed by atoms with Gasteiger partial charge in [-0.25, -0.2) is 0 Å². The molecule has 2 fully saturated rings. The van der Waals surface area contributed by atoms with E-state index in [9.17, 15) is 0 Å². The van der Waals surface area contributed by atoms with Crippen molar-refractivity contribution in [3.05, 3.63) is 0 Å². The SMILES string of the molecule is COCCNCCCN1CCC2CCCCC21. The molecule has 3 nitrogen and oxygen atoms in total. The fourth-order valence-electron chi connectivity index (χ4n) is 3.49. The van der Waals surface area contributed by atoms with Gasteiger partial charge in [-0.2, -0.15) is 0 Å². The van der Waals surface area contributed by atoms with E-state index in [2.05, 4.69) is 10.2 Å². The zero-order chi connectivity index (χ0) is 11.9. The average Bonchev–Trinajstić information content (AvgIpc) is 2.77. The van der Waals surface area contributed by atoms with Crippen molar-refractivity contribution in [1.29, 1.82) is 0 Å². The number of nitrogens with one attached hydrogen (secondary N) is 1. The second-order valence-corrected chi connectivity index (χ2v) is 5.53. The van der Waals surface area contributed by atoms with E-state index in [1.807, 2.05) is 0 Å². The van der Waals surface area contributed by atoms with Crippen LogP contribution in [0.2, 0.25) is 0 Å². The van der Waals surface area contributed by atoms with Crippen LogP contribution in [0.25, 0.3) is 0 Å². The Labute approximate surface area is 106 Å². The first-order chi connectivity index (χ1) is 8.42. The lowest BCUT2D eigenvalue weighted by atomic mass is 9.85. The number of nitrogens with zero attached hydrogens (tertiary/aromatic N) is 1. The fourth-order valence-corrected chi connectivity index (χ4v) is 3.49. The van der Waals surface area contributed by atoms with Gasteiger partial charge < -0.3 is 15.0 Å². The zero-order valence-corrected chi connectivity index (χ0v) is 11.3. The Balaban J connectivity index is 1.56. The van der Waals surface area contributed by atoms with E-state index in [4.69, 9.17) is 4.74 Å². The fraction of sp³-hybridized carbons (Fsp3) is 1.00. The molecule has 2 aliphatic rings. The molecule has 0 amide bonds. The van der Waals surface area contributed by atoms with Gasteiger partial charge in [0.2, 0.25) is 0 Å². The molecule has 0 aromatic rings. The number of methoxy groups -OCH3 is 1. The third-order valence-electron chi connectivity index (χ3n) is 4.41. The minimum Gasteiger partial charge on any atom is -0.383 e. The summed E-state index contributed by atoms with van der Waals surface area (Å²) < 4.78 is 5.02. The van der Waals surface area contributed by atoms with Crippen molar-refractivity contribution in [3.8, 4) is 0 Å². The third-order valence-corrected chi connectivity index (χ3v) is 4.41. The molecular weight excluding hydrogens is 212 g/mol. The van der Waals surface area contributed by atoms with Crippen LogP contribution in [0.5, 0.6) is 0 Å². The smallest absolute Gasteiger partial charge is 0.0587 e. The van der Waals surface area contributed by atoms with E-state index >= 15 is 0 Å². The van der Waals surface area contributed by atoms with Crippen molar-refractivity contribution in [3.63, 3.8) is 0 Å². The number of fused-ring (bicyclic) bond motifs is 1. The molecule has 100 valence electrons. The van der Waals surface area contributed by atoms with Gasteiger partial charge in [-0.1, -0.05) is 12.8 Å². The molecule has 1 aliphatic heterocycles. The molecular formula is C14H28N2O. The highest BCUT2D eigenvalue weighted by Gasteiger charge is 2.34. The van der Waals surface area contributed by atoms with Crippen LogP contribution < -0.4 is 5.32 Å². The zero-order valence-electron chi connectivity index (χ0n) is 11.3.